The molecule has 0 radical (unpaired) electrons. The minimum Gasteiger partial charge on any atom is -0.481 e. The van der Waals surface area contributed by atoms with Crippen molar-refractivity contribution in [1.82, 2.24) is 0 Å². The van der Waals surface area contributed by atoms with E-state index in [1.165, 1.54) is 0 Å². The van der Waals surface area contributed by atoms with Gasteiger partial charge in [0, 0.05) is 31.1 Å². The summed E-state index contributed by atoms with van der Waals surface area (Å²) in [6, 6.07) is 0. The van der Waals surface area contributed by atoms with Crippen LogP contribution in [-0.2, 0) is 19.2 Å². The maximum atomic E-state index is 9.87. The Morgan fingerprint density at radius 3 is 0.683 bits per heavy atom. The number of carbonyl (C=O) groups is 4. The number of carboxylic acid groups (broad SMARTS) is 4. The lowest BCUT2D eigenvalue weighted by Crippen LogP contribution is -2.32. The van der Waals surface area contributed by atoms with Crippen LogP contribution < -0.4 is 0 Å². The lowest BCUT2D eigenvalue weighted by atomic mass is 9.88. The standard InChI is InChI=1S/C6H14O3.4C6H12O2/c1-2-6(3-7,4-8)5-9;4*1-2-3-4-5-6(7)8/h7-9H,2-5H2,1H3;4*2-5H2,1H3,(H,7,8). The number of aliphatic hydroxyl groups excluding tert-OH is 3. The second-order valence-electron chi connectivity index (χ2n) is 9.73. The van der Waals surface area contributed by atoms with Gasteiger partial charge in [0.25, 0.3) is 0 Å². The number of hydrogen-bond acceptors (Lipinski definition) is 7. The van der Waals surface area contributed by atoms with E-state index in [1.807, 2.05) is 6.92 Å². The smallest absolute Gasteiger partial charge is 0.303 e. The minimum atomic E-state index is -0.682. The van der Waals surface area contributed by atoms with Gasteiger partial charge < -0.3 is 35.7 Å². The molecular weight excluding hydrogens is 536 g/mol. The summed E-state index contributed by atoms with van der Waals surface area (Å²) in [7, 11) is 0. The van der Waals surface area contributed by atoms with Gasteiger partial charge in [0.15, 0.2) is 0 Å². The van der Waals surface area contributed by atoms with Gasteiger partial charge in [0.05, 0.1) is 19.8 Å². The molecule has 0 atom stereocenters. The Hall–Kier alpha value is -2.24. The van der Waals surface area contributed by atoms with Crippen molar-refractivity contribution in [3.05, 3.63) is 0 Å². The first kappa shape index (κ1) is 48.5. The number of hydrogen-bond donors (Lipinski definition) is 7. The van der Waals surface area contributed by atoms with Crippen LogP contribution in [0, 0.1) is 5.41 Å². The van der Waals surface area contributed by atoms with Gasteiger partial charge in [-0.25, -0.2) is 0 Å². The number of unbranched alkanes of at least 4 members (excludes halogenated alkanes) is 8. The van der Waals surface area contributed by atoms with Crippen molar-refractivity contribution in [3.63, 3.8) is 0 Å². The van der Waals surface area contributed by atoms with Crippen LogP contribution in [0.1, 0.15) is 144 Å². The summed E-state index contributed by atoms with van der Waals surface area (Å²) in [5.74, 6) is -2.73. The quantitative estimate of drug-likeness (QED) is 0.0812. The molecule has 0 aliphatic rings. The van der Waals surface area contributed by atoms with Crippen molar-refractivity contribution in [2.24, 2.45) is 5.41 Å². The highest BCUT2D eigenvalue weighted by Crippen LogP contribution is 2.18. The predicted octanol–water partition coefficient (Wildman–Crippen LogP) is 5.96. The van der Waals surface area contributed by atoms with Crippen LogP contribution in [0.2, 0.25) is 0 Å². The molecule has 0 spiro atoms. The maximum Gasteiger partial charge on any atom is 0.303 e. The van der Waals surface area contributed by atoms with Crippen LogP contribution in [0.4, 0.5) is 0 Å². The lowest BCUT2D eigenvalue weighted by Gasteiger charge is -2.24. The third-order valence-corrected chi connectivity index (χ3v) is 5.73. The van der Waals surface area contributed by atoms with Crippen LogP contribution in [0.3, 0.4) is 0 Å². The monoisotopic (exact) mass is 598 g/mol. The summed E-state index contributed by atoms with van der Waals surface area (Å²) in [4.78, 5) is 39.5. The molecule has 0 aromatic heterocycles. The highest BCUT2D eigenvalue weighted by Gasteiger charge is 2.24. The summed E-state index contributed by atoms with van der Waals surface area (Å²) in [6.07, 6.45) is 13.7. The van der Waals surface area contributed by atoms with Crippen molar-refractivity contribution in [1.29, 1.82) is 0 Å². The molecular formula is C30H62O11. The van der Waals surface area contributed by atoms with E-state index in [4.69, 9.17) is 35.7 Å². The van der Waals surface area contributed by atoms with E-state index in [0.29, 0.717) is 32.1 Å². The average Bonchev–Trinajstić information content (AvgIpc) is 2.92. The molecule has 11 heteroatoms. The molecule has 0 saturated heterocycles. The number of rotatable bonds is 20. The summed E-state index contributed by atoms with van der Waals surface area (Å²) < 4.78 is 0. The Balaban J connectivity index is -0.000000132. The Kier molecular flexibility index (Phi) is 47.2. The lowest BCUT2D eigenvalue weighted by molar-refractivity contribution is -0.138. The average molecular weight is 599 g/mol. The van der Waals surface area contributed by atoms with E-state index in [9.17, 15) is 19.2 Å². The molecule has 0 amide bonds. The number of aliphatic hydroxyl groups is 3. The Bertz CT molecular complexity index is 479. The van der Waals surface area contributed by atoms with E-state index in [2.05, 4.69) is 27.7 Å². The van der Waals surface area contributed by atoms with Gasteiger partial charge in [0.2, 0.25) is 0 Å². The first-order chi connectivity index (χ1) is 19.3. The summed E-state index contributed by atoms with van der Waals surface area (Å²) in [5, 5.41) is 58.5. The molecule has 0 heterocycles. The second-order valence-corrected chi connectivity index (χ2v) is 9.73. The molecule has 0 bridgehead atoms. The van der Waals surface area contributed by atoms with Gasteiger partial charge in [-0.1, -0.05) is 86.0 Å². The maximum absolute atomic E-state index is 9.87. The topological polar surface area (TPSA) is 210 Å². The first-order valence-electron chi connectivity index (χ1n) is 15.0. The molecule has 0 aliphatic carbocycles. The molecule has 11 nitrogen and oxygen atoms in total. The molecule has 0 rings (SSSR count). The van der Waals surface area contributed by atoms with Crippen LogP contribution in [-0.4, -0.2) is 79.4 Å². The highest BCUT2D eigenvalue weighted by molar-refractivity contribution is 5.67. The predicted molar refractivity (Wildman–Crippen MR) is 161 cm³/mol. The van der Waals surface area contributed by atoms with Crippen LogP contribution >= 0.6 is 0 Å². The summed E-state index contributed by atoms with van der Waals surface area (Å²) in [5.41, 5.74) is -0.667. The van der Waals surface area contributed by atoms with Gasteiger partial charge in [-0.15, -0.1) is 0 Å². The van der Waals surface area contributed by atoms with Crippen molar-refractivity contribution in [3.8, 4) is 0 Å². The zero-order chi connectivity index (χ0) is 33.0. The van der Waals surface area contributed by atoms with Crippen LogP contribution in [0.15, 0.2) is 0 Å². The van der Waals surface area contributed by atoms with E-state index in [-0.39, 0.29) is 19.8 Å². The van der Waals surface area contributed by atoms with Gasteiger partial charge in [-0.05, 0) is 32.1 Å². The second kappa shape index (κ2) is 39.9. The zero-order valence-electron chi connectivity index (χ0n) is 26.4. The molecule has 0 aliphatic heterocycles. The molecule has 0 fully saturated rings. The van der Waals surface area contributed by atoms with Crippen molar-refractivity contribution < 1.29 is 54.9 Å². The van der Waals surface area contributed by atoms with Crippen LogP contribution in [0.5, 0.6) is 0 Å². The van der Waals surface area contributed by atoms with Crippen LogP contribution in [0.25, 0.3) is 0 Å². The highest BCUT2D eigenvalue weighted by atomic mass is 16.4. The number of carboxylic acids is 4. The van der Waals surface area contributed by atoms with E-state index >= 15 is 0 Å². The minimum absolute atomic E-state index is 0.156. The van der Waals surface area contributed by atoms with Gasteiger partial charge in [-0.2, -0.15) is 0 Å². The fraction of sp³-hybridized carbons (Fsp3) is 0.867. The first-order valence-corrected chi connectivity index (χ1v) is 15.0. The molecule has 41 heavy (non-hydrogen) atoms. The molecule has 0 aromatic carbocycles. The van der Waals surface area contributed by atoms with Gasteiger partial charge >= 0.3 is 23.9 Å². The summed E-state index contributed by atoms with van der Waals surface area (Å²) >= 11 is 0. The van der Waals surface area contributed by atoms with Gasteiger partial charge in [0.1, 0.15) is 0 Å². The van der Waals surface area contributed by atoms with Crippen molar-refractivity contribution >= 4 is 23.9 Å². The van der Waals surface area contributed by atoms with Crippen molar-refractivity contribution in [2.45, 2.75) is 144 Å². The fourth-order valence-corrected chi connectivity index (χ4v) is 2.59. The third kappa shape index (κ3) is 54.5. The molecule has 0 aromatic rings. The molecule has 248 valence electrons. The molecule has 0 saturated carbocycles. The Labute approximate surface area is 248 Å². The van der Waals surface area contributed by atoms with Crippen molar-refractivity contribution in [2.75, 3.05) is 19.8 Å². The Morgan fingerprint density at radius 2 is 0.610 bits per heavy atom. The number of aliphatic carboxylic acids is 4. The van der Waals surface area contributed by atoms with E-state index in [1.54, 1.807) is 0 Å². The zero-order valence-corrected chi connectivity index (χ0v) is 26.4. The van der Waals surface area contributed by atoms with E-state index in [0.717, 1.165) is 77.0 Å². The fourth-order valence-electron chi connectivity index (χ4n) is 2.59. The van der Waals surface area contributed by atoms with E-state index < -0.39 is 29.3 Å². The third-order valence-electron chi connectivity index (χ3n) is 5.73. The largest absolute Gasteiger partial charge is 0.481 e. The normalized spacial score (nSPS) is 9.76. The molecule has 0 unspecified atom stereocenters. The Morgan fingerprint density at radius 1 is 0.415 bits per heavy atom. The molecule has 7 N–H and O–H groups in total. The summed E-state index contributed by atoms with van der Waals surface area (Å²) in [6.45, 7) is 9.58. The van der Waals surface area contributed by atoms with Gasteiger partial charge in [-0.3, -0.25) is 19.2 Å². The SMILES string of the molecule is CCC(CO)(CO)CO.CCCCCC(=O)O.CCCCCC(=O)O.CCCCCC(=O)O.CCCCCC(=O)O.